The lowest BCUT2D eigenvalue weighted by atomic mass is 9.69. The second kappa shape index (κ2) is 11.2. The first kappa shape index (κ1) is 24.1. The van der Waals surface area contributed by atoms with Crippen molar-refractivity contribution >= 4 is 11.6 Å². The summed E-state index contributed by atoms with van der Waals surface area (Å²) in [6.07, 6.45) is 2.69. The van der Waals surface area contributed by atoms with Gasteiger partial charge in [0.1, 0.15) is 11.5 Å². The Labute approximate surface area is 186 Å². The molecule has 0 heterocycles. The molecule has 5 heteroatoms. The minimum Gasteiger partial charge on any atom is -0.497 e. The number of halogens is 1. The lowest BCUT2D eigenvalue weighted by molar-refractivity contribution is 0.292. The van der Waals surface area contributed by atoms with Gasteiger partial charge in [0.15, 0.2) is 0 Å². The summed E-state index contributed by atoms with van der Waals surface area (Å²) >= 11 is 5.96. The van der Waals surface area contributed by atoms with Crippen LogP contribution in [-0.4, -0.2) is 39.3 Å². The number of benzene rings is 2. The first-order valence-electron chi connectivity index (χ1n) is 10.4. The molecular weight excluding hydrogens is 396 g/mol. The highest BCUT2D eigenvalue weighted by molar-refractivity contribution is 6.30. The van der Waals surface area contributed by atoms with Crippen LogP contribution >= 0.6 is 11.6 Å². The Bertz CT molecular complexity index is 823. The maximum absolute atomic E-state index is 10.2. The van der Waals surface area contributed by atoms with Gasteiger partial charge in [0, 0.05) is 17.6 Å². The molecule has 0 radical (unpaired) electrons. The summed E-state index contributed by atoms with van der Waals surface area (Å²) in [5.74, 6) is 1.59. The van der Waals surface area contributed by atoms with E-state index in [-0.39, 0.29) is 5.92 Å². The van der Waals surface area contributed by atoms with E-state index in [1.165, 1.54) is 5.56 Å². The molecule has 2 rings (SSSR count). The fraction of sp³-hybridized carbons (Fsp3) is 0.480. The topological polar surface area (TPSA) is 45.5 Å². The lowest BCUT2D eigenvalue weighted by Gasteiger charge is -2.32. The predicted molar refractivity (Wildman–Crippen MR) is 124 cm³/mol. The maximum Gasteiger partial charge on any atom is 0.122 e. The zero-order valence-corrected chi connectivity index (χ0v) is 19.5. The van der Waals surface area contributed by atoms with Gasteiger partial charge in [0.25, 0.3) is 0 Å². The standard InChI is InChI=1S/C25H33ClN2O2/c1-19(2)25(18-27,21-15-23(29-4)17-24(16-21)30-5)12-6-13-28(3)14-11-20-7-9-22(26)10-8-20/h7-10,15-17,19H,6,11-14H2,1-5H3. The molecule has 0 saturated heterocycles. The average molecular weight is 429 g/mol. The Morgan fingerprint density at radius 2 is 1.63 bits per heavy atom. The molecule has 0 bridgehead atoms. The molecule has 0 spiro atoms. The quantitative estimate of drug-likeness (QED) is 0.458. The smallest absolute Gasteiger partial charge is 0.122 e. The van der Waals surface area contributed by atoms with E-state index in [2.05, 4.69) is 44.0 Å². The van der Waals surface area contributed by atoms with Gasteiger partial charge in [0.2, 0.25) is 0 Å². The van der Waals surface area contributed by atoms with Crippen LogP contribution in [0.15, 0.2) is 42.5 Å². The molecule has 1 unspecified atom stereocenters. The van der Waals surface area contributed by atoms with E-state index in [9.17, 15) is 5.26 Å². The lowest BCUT2D eigenvalue weighted by Crippen LogP contribution is -2.32. The number of nitriles is 1. The van der Waals surface area contributed by atoms with E-state index < -0.39 is 5.41 Å². The molecule has 0 aliphatic heterocycles. The van der Waals surface area contributed by atoms with Crippen LogP contribution in [-0.2, 0) is 11.8 Å². The molecule has 0 amide bonds. The van der Waals surface area contributed by atoms with Crippen molar-refractivity contribution in [2.75, 3.05) is 34.4 Å². The maximum atomic E-state index is 10.2. The number of nitrogens with zero attached hydrogens (tertiary/aromatic N) is 2. The zero-order valence-electron chi connectivity index (χ0n) is 18.7. The summed E-state index contributed by atoms with van der Waals surface area (Å²) in [6, 6.07) is 16.4. The van der Waals surface area contributed by atoms with Gasteiger partial charge in [-0.05, 0) is 74.2 Å². The molecule has 4 nitrogen and oxygen atoms in total. The molecular formula is C25H33ClN2O2. The van der Waals surface area contributed by atoms with Crippen molar-refractivity contribution in [1.82, 2.24) is 4.90 Å². The highest BCUT2D eigenvalue weighted by atomic mass is 35.5. The minimum atomic E-state index is -0.584. The van der Waals surface area contributed by atoms with Crippen LogP contribution < -0.4 is 9.47 Å². The van der Waals surface area contributed by atoms with Crippen molar-refractivity contribution in [2.24, 2.45) is 5.92 Å². The monoisotopic (exact) mass is 428 g/mol. The summed E-state index contributed by atoms with van der Waals surface area (Å²) in [5, 5.41) is 11.0. The third-order valence-corrected chi connectivity index (χ3v) is 6.11. The summed E-state index contributed by atoms with van der Waals surface area (Å²) in [4.78, 5) is 2.32. The largest absolute Gasteiger partial charge is 0.497 e. The zero-order chi connectivity index (χ0) is 22.1. The number of ether oxygens (including phenoxy) is 2. The third-order valence-electron chi connectivity index (χ3n) is 5.86. The number of likely N-dealkylation sites (N-methyl/N-ethyl adjacent to an activating group) is 1. The van der Waals surface area contributed by atoms with Crippen LogP contribution in [0.2, 0.25) is 5.02 Å². The van der Waals surface area contributed by atoms with E-state index in [0.717, 1.165) is 42.9 Å². The van der Waals surface area contributed by atoms with E-state index in [1.54, 1.807) is 14.2 Å². The number of hydrogen-bond acceptors (Lipinski definition) is 4. The average Bonchev–Trinajstić information content (AvgIpc) is 2.75. The van der Waals surface area contributed by atoms with Crippen molar-refractivity contribution in [3.63, 3.8) is 0 Å². The molecule has 2 aromatic carbocycles. The Balaban J connectivity index is 2.04. The van der Waals surface area contributed by atoms with Crippen molar-refractivity contribution in [1.29, 1.82) is 5.26 Å². The first-order chi connectivity index (χ1) is 14.3. The van der Waals surface area contributed by atoms with Gasteiger partial charge in [-0.25, -0.2) is 0 Å². The molecule has 0 aromatic heterocycles. The van der Waals surface area contributed by atoms with Gasteiger partial charge in [-0.2, -0.15) is 5.26 Å². The van der Waals surface area contributed by atoms with Gasteiger partial charge < -0.3 is 14.4 Å². The summed E-state index contributed by atoms with van der Waals surface area (Å²) < 4.78 is 10.9. The van der Waals surface area contributed by atoms with E-state index in [4.69, 9.17) is 21.1 Å². The van der Waals surface area contributed by atoms with Crippen LogP contribution in [0.4, 0.5) is 0 Å². The van der Waals surface area contributed by atoms with Crippen LogP contribution in [0.25, 0.3) is 0 Å². The SMILES string of the molecule is COc1cc(OC)cc(C(C#N)(CCCN(C)CCc2ccc(Cl)cc2)C(C)C)c1. The normalized spacial score (nSPS) is 13.2. The van der Waals surface area contributed by atoms with E-state index >= 15 is 0 Å². The van der Waals surface area contributed by atoms with Crippen LogP contribution in [0, 0.1) is 17.2 Å². The summed E-state index contributed by atoms with van der Waals surface area (Å²) in [7, 11) is 5.41. The summed E-state index contributed by atoms with van der Waals surface area (Å²) in [5.41, 5.74) is 1.65. The molecule has 0 aliphatic carbocycles. The van der Waals surface area contributed by atoms with Gasteiger partial charge in [-0.15, -0.1) is 0 Å². The van der Waals surface area contributed by atoms with E-state index in [1.807, 2.05) is 30.3 Å². The Hall–Kier alpha value is -2.22. The van der Waals surface area contributed by atoms with E-state index in [0.29, 0.717) is 11.5 Å². The molecule has 0 fully saturated rings. The highest BCUT2D eigenvalue weighted by Crippen LogP contribution is 2.40. The van der Waals surface area contributed by atoms with Gasteiger partial charge >= 0.3 is 0 Å². The van der Waals surface area contributed by atoms with Crippen LogP contribution in [0.3, 0.4) is 0 Å². The molecule has 1 atom stereocenters. The summed E-state index contributed by atoms with van der Waals surface area (Å²) in [6.45, 7) is 6.12. The fourth-order valence-electron chi connectivity index (χ4n) is 3.79. The second-order valence-corrected chi connectivity index (χ2v) is 8.56. The second-order valence-electron chi connectivity index (χ2n) is 8.12. The molecule has 0 saturated carbocycles. The molecule has 162 valence electrons. The highest BCUT2D eigenvalue weighted by Gasteiger charge is 2.36. The van der Waals surface area contributed by atoms with Crippen molar-refractivity contribution in [3.8, 4) is 17.6 Å². The molecule has 0 aliphatic rings. The minimum absolute atomic E-state index is 0.165. The molecule has 2 aromatic rings. The molecule has 0 N–H and O–H groups in total. The Kier molecular flexibility index (Phi) is 9.02. The number of methoxy groups -OCH3 is 2. The molecule has 30 heavy (non-hydrogen) atoms. The van der Waals surface area contributed by atoms with Crippen molar-refractivity contribution < 1.29 is 9.47 Å². The fourth-order valence-corrected chi connectivity index (χ4v) is 3.92. The Morgan fingerprint density at radius 3 is 2.13 bits per heavy atom. The van der Waals surface area contributed by atoms with Gasteiger partial charge in [-0.3, -0.25) is 0 Å². The van der Waals surface area contributed by atoms with Crippen molar-refractivity contribution in [3.05, 3.63) is 58.6 Å². The van der Waals surface area contributed by atoms with Gasteiger partial charge in [-0.1, -0.05) is 37.6 Å². The predicted octanol–water partition coefficient (Wildman–Crippen LogP) is 5.73. The van der Waals surface area contributed by atoms with Gasteiger partial charge in [0.05, 0.1) is 25.7 Å². The van der Waals surface area contributed by atoms with Crippen LogP contribution in [0.1, 0.15) is 37.8 Å². The number of rotatable bonds is 11. The first-order valence-corrected chi connectivity index (χ1v) is 10.8. The third kappa shape index (κ3) is 6.14. The van der Waals surface area contributed by atoms with Crippen LogP contribution in [0.5, 0.6) is 11.5 Å². The Morgan fingerprint density at radius 1 is 1.03 bits per heavy atom. The number of hydrogen-bond donors (Lipinski definition) is 0. The van der Waals surface area contributed by atoms with Crippen molar-refractivity contribution in [2.45, 2.75) is 38.5 Å².